The maximum atomic E-state index is 13.0. The predicted molar refractivity (Wildman–Crippen MR) is 72.8 cm³/mol. The third-order valence-corrected chi connectivity index (χ3v) is 3.34. The number of rotatable bonds is 4. The van der Waals surface area contributed by atoms with Crippen LogP contribution in [0, 0.1) is 0 Å². The van der Waals surface area contributed by atoms with Gasteiger partial charge in [-0.1, -0.05) is 35.0 Å². The van der Waals surface area contributed by atoms with Gasteiger partial charge in [-0.2, -0.15) is 13.2 Å². The summed E-state index contributed by atoms with van der Waals surface area (Å²) in [6, 6.07) is 3.87. The molecule has 0 aliphatic rings. The molecule has 0 spiro atoms. The van der Waals surface area contributed by atoms with E-state index < -0.39 is 17.6 Å². The van der Waals surface area contributed by atoms with Gasteiger partial charge in [0.2, 0.25) is 5.91 Å². The lowest BCUT2D eigenvalue weighted by Crippen LogP contribution is -2.33. The number of hydrogen-bond donors (Lipinski definition) is 0. The number of anilines is 1. The van der Waals surface area contributed by atoms with Gasteiger partial charge in [-0.15, -0.1) is 11.6 Å². The average molecular weight is 359 g/mol. The van der Waals surface area contributed by atoms with Gasteiger partial charge in [-0.05, 0) is 18.1 Å². The van der Waals surface area contributed by atoms with E-state index in [0.717, 1.165) is 11.0 Å². The Balaban J connectivity index is 3.48. The molecule has 1 amide bonds. The minimum absolute atomic E-state index is 0.0430. The normalized spacial score (nSPS) is 11.5. The molecule has 0 N–H and O–H groups in total. The molecule has 0 saturated carbocycles. The molecule has 0 fully saturated rings. The number of amides is 1. The molecular weight excluding hydrogens is 346 g/mol. The van der Waals surface area contributed by atoms with E-state index in [-0.39, 0.29) is 17.0 Å². The van der Waals surface area contributed by atoms with Crippen LogP contribution in [0.25, 0.3) is 0 Å². The van der Waals surface area contributed by atoms with E-state index in [4.69, 9.17) is 11.6 Å². The molecule has 19 heavy (non-hydrogen) atoms. The molecule has 0 saturated heterocycles. The molecule has 0 heterocycles. The van der Waals surface area contributed by atoms with Crippen LogP contribution in [-0.4, -0.2) is 17.2 Å². The van der Waals surface area contributed by atoms with Gasteiger partial charge in [0, 0.05) is 0 Å². The molecule has 106 valence electrons. The predicted octanol–water partition coefficient (Wildman–Crippen LogP) is 4.19. The van der Waals surface area contributed by atoms with Crippen LogP contribution in [0.3, 0.4) is 0 Å². The SMILES string of the molecule is CCc1cccc(C(F)(F)F)c1N(CBr)C(=O)CCl. The third-order valence-electron chi connectivity index (χ3n) is 2.61. The van der Waals surface area contributed by atoms with Crippen molar-refractivity contribution >= 4 is 39.1 Å². The van der Waals surface area contributed by atoms with Crippen molar-refractivity contribution in [3.63, 3.8) is 0 Å². The Hall–Kier alpha value is -0.750. The molecule has 1 aromatic rings. The van der Waals surface area contributed by atoms with E-state index in [2.05, 4.69) is 15.9 Å². The van der Waals surface area contributed by atoms with Crippen LogP contribution in [0.5, 0.6) is 0 Å². The van der Waals surface area contributed by atoms with E-state index >= 15 is 0 Å². The largest absolute Gasteiger partial charge is 0.418 e. The molecule has 1 rings (SSSR count). The zero-order chi connectivity index (χ0) is 14.6. The van der Waals surface area contributed by atoms with Crippen LogP contribution >= 0.6 is 27.5 Å². The molecule has 7 heteroatoms. The van der Waals surface area contributed by atoms with Crippen LogP contribution in [0.15, 0.2) is 18.2 Å². The number of carbonyl (C=O) groups is 1. The molecule has 0 aromatic heterocycles. The lowest BCUT2D eigenvalue weighted by Gasteiger charge is -2.26. The highest BCUT2D eigenvalue weighted by molar-refractivity contribution is 9.09. The topological polar surface area (TPSA) is 20.3 Å². The summed E-state index contributed by atoms with van der Waals surface area (Å²) in [5.74, 6) is -0.953. The standard InChI is InChI=1S/C12H12BrClF3NO/c1-2-8-4-3-5-9(12(15,16)17)11(8)18(7-13)10(19)6-14/h3-5H,2,6-7H2,1H3. The third kappa shape index (κ3) is 3.63. The Morgan fingerprint density at radius 2 is 2.05 bits per heavy atom. The van der Waals surface area contributed by atoms with Crippen molar-refractivity contribution in [2.75, 3.05) is 16.2 Å². The summed E-state index contributed by atoms with van der Waals surface area (Å²) in [6.45, 7) is 1.73. The van der Waals surface area contributed by atoms with E-state index in [0.29, 0.717) is 12.0 Å². The van der Waals surface area contributed by atoms with Crippen molar-refractivity contribution in [1.82, 2.24) is 0 Å². The Morgan fingerprint density at radius 1 is 1.42 bits per heavy atom. The Bertz CT molecular complexity index is 465. The first-order valence-electron chi connectivity index (χ1n) is 5.48. The second kappa shape index (κ2) is 6.61. The van der Waals surface area contributed by atoms with Gasteiger partial charge < -0.3 is 4.90 Å². The van der Waals surface area contributed by atoms with Crippen molar-refractivity contribution in [2.45, 2.75) is 19.5 Å². The summed E-state index contributed by atoms with van der Waals surface area (Å²) in [5.41, 5.74) is -0.545. The minimum atomic E-state index is -4.52. The van der Waals surface area contributed by atoms with E-state index in [1.165, 1.54) is 6.07 Å². The van der Waals surface area contributed by atoms with E-state index in [1.807, 2.05) is 0 Å². The summed E-state index contributed by atoms with van der Waals surface area (Å²) in [7, 11) is 0. The van der Waals surface area contributed by atoms with Gasteiger partial charge >= 0.3 is 6.18 Å². The smallest absolute Gasteiger partial charge is 0.300 e. The van der Waals surface area contributed by atoms with Gasteiger partial charge in [-0.25, -0.2) is 0 Å². The zero-order valence-electron chi connectivity index (χ0n) is 10.1. The van der Waals surface area contributed by atoms with Gasteiger partial charge in [-0.3, -0.25) is 4.79 Å². The Labute approximate surface area is 122 Å². The van der Waals surface area contributed by atoms with Gasteiger partial charge in [0.15, 0.2) is 0 Å². The second-order valence-electron chi connectivity index (χ2n) is 3.74. The highest BCUT2D eigenvalue weighted by atomic mass is 79.9. The lowest BCUT2D eigenvalue weighted by molar-refractivity contribution is -0.137. The summed E-state index contributed by atoms with van der Waals surface area (Å²) < 4.78 is 39.1. The van der Waals surface area contributed by atoms with Gasteiger partial charge in [0.05, 0.1) is 16.7 Å². The zero-order valence-corrected chi connectivity index (χ0v) is 12.4. The second-order valence-corrected chi connectivity index (χ2v) is 4.51. The van der Waals surface area contributed by atoms with Crippen molar-refractivity contribution in [1.29, 1.82) is 0 Å². The highest BCUT2D eigenvalue weighted by Gasteiger charge is 2.36. The number of aryl methyl sites for hydroxylation is 1. The highest BCUT2D eigenvalue weighted by Crippen LogP contribution is 2.39. The average Bonchev–Trinajstić information content (AvgIpc) is 2.38. The van der Waals surface area contributed by atoms with E-state index in [1.54, 1.807) is 13.0 Å². The molecule has 0 radical (unpaired) electrons. The molecule has 0 atom stereocenters. The molecule has 0 aliphatic carbocycles. The number of hydrogen-bond acceptors (Lipinski definition) is 1. The Morgan fingerprint density at radius 3 is 2.47 bits per heavy atom. The Kier molecular flexibility index (Phi) is 5.67. The number of para-hydroxylation sites is 1. The van der Waals surface area contributed by atoms with Crippen LogP contribution in [-0.2, 0) is 17.4 Å². The molecular formula is C12H12BrClF3NO. The molecule has 0 aliphatic heterocycles. The van der Waals surface area contributed by atoms with Crippen LogP contribution in [0.1, 0.15) is 18.1 Å². The molecule has 2 nitrogen and oxygen atoms in total. The van der Waals surface area contributed by atoms with Crippen LogP contribution < -0.4 is 4.90 Å². The fourth-order valence-corrected chi connectivity index (χ4v) is 2.42. The summed E-state index contributed by atoms with van der Waals surface area (Å²) in [4.78, 5) is 12.7. The molecule has 0 bridgehead atoms. The van der Waals surface area contributed by atoms with Crippen molar-refractivity contribution in [3.8, 4) is 0 Å². The maximum Gasteiger partial charge on any atom is 0.418 e. The lowest BCUT2D eigenvalue weighted by atomic mass is 10.0. The number of halogens is 5. The van der Waals surface area contributed by atoms with Gasteiger partial charge in [0.25, 0.3) is 0 Å². The number of nitrogens with zero attached hydrogens (tertiary/aromatic N) is 1. The fraction of sp³-hybridized carbons (Fsp3) is 0.417. The number of carbonyl (C=O) groups excluding carboxylic acids is 1. The first-order chi connectivity index (χ1) is 8.86. The fourth-order valence-electron chi connectivity index (χ4n) is 1.75. The first-order valence-corrected chi connectivity index (χ1v) is 7.13. The number of benzene rings is 1. The van der Waals surface area contributed by atoms with E-state index in [9.17, 15) is 18.0 Å². The minimum Gasteiger partial charge on any atom is -0.300 e. The first kappa shape index (κ1) is 16.3. The maximum absolute atomic E-state index is 13.0. The van der Waals surface area contributed by atoms with Crippen LogP contribution in [0.2, 0.25) is 0 Å². The monoisotopic (exact) mass is 357 g/mol. The van der Waals surface area contributed by atoms with Gasteiger partial charge in [0.1, 0.15) is 5.88 Å². The summed E-state index contributed by atoms with van der Waals surface area (Å²) >= 11 is 8.48. The summed E-state index contributed by atoms with van der Waals surface area (Å²) in [5, 5.41) is 0. The number of alkyl halides is 5. The molecule has 1 aromatic carbocycles. The van der Waals surface area contributed by atoms with Crippen molar-refractivity contribution in [2.24, 2.45) is 0 Å². The summed E-state index contributed by atoms with van der Waals surface area (Å²) in [6.07, 6.45) is -4.13. The quantitative estimate of drug-likeness (QED) is 0.584. The van der Waals surface area contributed by atoms with Crippen molar-refractivity contribution in [3.05, 3.63) is 29.3 Å². The van der Waals surface area contributed by atoms with Crippen LogP contribution in [0.4, 0.5) is 18.9 Å². The molecule has 0 unspecified atom stereocenters. The van der Waals surface area contributed by atoms with Crippen molar-refractivity contribution < 1.29 is 18.0 Å².